The molecule has 4 heteroatoms. The van der Waals surface area contributed by atoms with E-state index in [4.69, 9.17) is 16.3 Å². The highest BCUT2D eigenvalue weighted by Crippen LogP contribution is 2.26. The van der Waals surface area contributed by atoms with Crippen molar-refractivity contribution >= 4 is 11.6 Å². The molecule has 1 aromatic rings. The highest BCUT2D eigenvalue weighted by atomic mass is 35.5. The zero-order valence-corrected chi connectivity index (χ0v) is 9.96. The number of aliphatic hydroxyl groups excluding tert-OH is 1. The van der Waals surface area contributed by atoms with Crippen LogP contribution in [0.4, 0.5) is 4.39 Å². The molecular formula is C12H14ClFO2. The Balaban J connectivity index is 2.88. The normalized spacial score (nSPS) is 13.7. The summed E-state index contributed by atoms with van der Waals surface area (Å²) in [5, 5.41) is 9.47. The fourth-order valence-electron chi connectivity index (χ4n) is 1.20. The second kappa shape index (κ2) is 5.87. The van der Waals surface area contributed by atoms with Crippen LogP contribution in [-0.4, -0.2) is 11.7 Å². The zero-order chi connectivity index (χ0) is 12.1. The Morgan fingerprint density at radius 3 is 2.88 bits per heavy atom. The summed E-state index contributed by atoms with van der Waals surface area (Å²) < 4.78 is 18.4. The summed E-state index contributed by atoms with van der Waals surface area (Å²) in [6.07, 6.45) is -0.698. The van der Waals surface area contributed by atoms with Gasteiger partial charge in [-0.25, -0.2) is 4.39 Å². The Kier molecular flexibility index (Phi) is 4.77. The third-order valence-corrected chi connectivity index (χ3v) is 2.44. The van der Waals surface area contributed by atoms with Crippen LogP contribution < -0.4 is 4.74 Å². The van der Waals surface area contributed by atoms with Gasteiger partial charge in [-0.05, 0) is 31.6 Å². The first-order valence-electron chi connectivity index (χ1n) is 4.90. The van der Waals surface area contributed by atoms with Crippen LogP contribution >= 0.6 is 11.6 Å². The minimum atomic E-state index is -0.698. The molecule has 88 valence electrons. The summed E-state index contributed by atoms with van der Waals surface area (Å²) in [5.41, 5.74) is 2.78. The lowest BCUT2D eigenvalue weighted by molar-refractivity contribution is 0.192. The van der Waals surface area contributed by atoms with Crippen LogP contribution in [0.25, 0.3) is 0 Å². The van der Waals surface area contributed by atoms with Gasteiger partial charge in [-0.15, -0.1) is 0 Å². The van der Waals surface area contributed by atoms with Gasteiger partial charge >= 0.3 is 0 Å². The van der Waals surface area contributed by atoms with E-state index >= 15 is 0 Å². The van der Waals surface area contributed by atoms with Crippen molar-refractivity contribution in [1.82, 2.24) is 0 Å². The van der Waals surface area contributed by atoms with Gasteiger partial charge in [-0.2, -0.15) is 0 Å². The van der Waals surface area contributed by atoms with Gasteiger partial charge in [-0.3, -0.25) is 0 Å². The molecule has 0 aromatic heterocycles. The maximum atomic E-state index is 13.0. The SMILES string of the molecule is C/C(=C\Cl)COc1cc(F)ccc1[C@@H](C)O. The second-order valence-corrected chi connectivity index (χ2v) is 3.82. The molecule has 1 atom stereocenters. The molecular weight excluding hydrogens is 231 g/mol. The van der Waals surface area contributed by atoms with Crippen molar-refractivity contribution in [2.45, 2.75) is 20.0 Å². The van der Waals surface area contributed by atoms with Crippen molar-refractivity contribution in [3.8, 4) is 5.75 Å². The van der Waals surface area contributed by atoms with Crippen molar-refractivity contribution in [3.05, 3.63) is 40.7 Å². The van der Waals surface area contributed by atoms with Crippen LogP contribution in [0.5, 0.6) is 5.75 Å². The van der Waals surface area contributed by atoms with Gasteiger partial charge in [0, 0.05) is 17.2 Å². The molecule has 1 N–H and O–H groups in total. The molecule has 1 rings (SSSR count). The third-order valence-electron chi connectivity index (χ3n) is 2.07. The van der Waals surface area contributed by atoms with E-state index in [-0.39, 0.29) is 6.61 Å². The van der Waals surface area contributed by atoms with Gasteiger partial charge in [0.2, 0.25) is 0 Å². The number of benzene rings is 1. The van der Waals surface area contributed by atoms with Gasteiger partial charge in [0.15, 0.2) is 0 Å². The van der Waals surface area contributed by atoms with Crippen LogP contribution in [0.15, 0.2) is 29.3 Å². The van der Waals surface area contributed by atoms with Gasteiger partial charge in [-0.1, -0.05) is 11.6 Å². The molecule has 0 aliphatic carbocycles. The predicted molar refractivity (Wildman–Crippen MR) is 62.1 cm³/mol. The lowest BCUT2D eigenvalue weighted by atomic mass is 10.1. The monoisotopic (exact) mass is 244 g/mol. The van der Waals surface area contributed by atoms with Crippen LogP contribution in [0.2, 0.25) is 0 Å². The van der Waals surface area contributed by atoms with Gasteiger partial charge in [0.1, 0.15) is 18.2 Å². The largest absolute Gasteiger partial charge is 0.489 e. The van der Waals surface area contributed by atoms with E-state index in [1.807, 2.05) is 0 Å². The lowest BCUT2D eigenvalue weighted by Crippen LogP contribution is -2.03. The van der Waals surface area contributed by atoms with Crippen LogP contribution in [0, 0.1) is 5.82 Å². The van der Waals surface area contributed by atoms with E-state index in [2.05, 4.69) is 0 Å². The molecule has 0 saturated heterocycles. The number of hydrogen-bond acceptors (Lipinski definition) is 2. The van der Waals surface area contributed by atoms with Crippen molar-refractivity contribution in [1.29, 1.82) is 0 Å². The molecule has 0 radical (unpaired) electrons. The van der Waals surface area contributed by atoms with Crippen LogP contribution in [0.3, 0.4) is 0 Å². The summed E-state index contributed by atoms with van der Waals surface area (Å²) >= 11 is 5.49. The highest BCUT2D eigenvalue weighted by Gasteiger charge is 2.10. The first-order valence-corrected chi connectivity index (χ1v) is 5.34. The van der Waals surface area contributed by atoms with Crippen LogP contribution in [-0.2, 0) is 0 Å². The molecule has 16 heavy (non-hydrogen) atoms. The number of aliphatic hydroxyl groups is 1. The van der Waals surface area contributed by atoms with Crippen LogP contribution in [0.1, 0.15) is 25.5 Å². The Labute approximate surface area is 99.3 Å². The molecule has 0 amide bonds. The second-order valence-electron chi connectivity index (χ2n) is 3.60. The maximum Gasteiger partial charge on any atom is 0.128 e. The van der Waals surface area contributed by atoms with E-state index in [9.17, 15) is 9.50 Å². The van der Waals surface area contributed by atoms with Crippen molar-refractivity contribution in [3.63, 3.8) is 0 Å². The van der Waals surface area contributed by atoms with Crippen molar-refractivity contribution in [2.24, 2.45) is 0 Å². The minimum absolute atomic E-state index is 0.271. The first-order chi connectivity index (χ1) is 7.54. The summed E-state index contributed by atoms with van der Waals surface area (Å²) in [6.45, 7) is 3.67. The molecule has 0 heterocycles. The standard InChI is InChI=1S/C12H14ClFO2/c1-8(6-13)7-16-12-5-10(14)3-4-11(12)9(2)15/h3-6,9,15H,7H2,1-2H3/b8-6+/t9-/m1/s1. The average Bonchev–Trinajstić information content (AvgIpc) is 2.25. The smallest absolute Gasteiger partial charge is 0.128 e. The molecule has 2 nitrogen and oxygen atoms in total. The number of rotatable bonds is 4. The fraction of sp³-hybridized carbons (Fsp3) is 0.333. The Morgan fingerprint density at radius 1 is 1.62 bits per heavy atom. The minimum Gasteiger partial charge on any atom is -0.489 e. The summed E-state index contributed by atoms with van der Waals surface area (Å²) in [4.78, 5) is 0. The highest BCUT2D eigenvalue weighted by molar-refractivity contribution is 6.25. The molecule has 0 spiro atoms. The summed E-state index contributed by atoms with van der Waals surface area (Å²) in [7, 11) is 0. The number of hydrogen-bond donors (Lipinski definition) is 1. The molecule has 0 bridgehead atoms. The molecule has 1 aromatic carbocycles. The molecule has 0 unspecified atom stereocenters. The lowest BCUT2D eigenvalue weighted by Gasteiger charge is -2.13. The Hall–Kier alpha value is -1.06. The number of halogens is 2. The first kappa shape index (κ1) is 13.0. The van der Waals surface area contributed by atoms with E-state index in [0.29, 0.717) is 11.3 Å². The van der Waals surface area contributed by atoms with E-state index in [1.165, 1.54) is 23.7 Å². The topological polar surface area (TPSA) is 29.5 Å². The summed E-state index contributed by atoms with van der Waals surface area (Å²) in [6, 6.07) is 4.05. The molecule has 0 fully saturated rings. The average molecular weight is 245 g/mol. The van der Waals surface area contributed by atoms with Gasteiger partial charge in [0.05, 0.1) is 6.10 Å². The Morgan fingerprint density at radius 2 is 2.31 bits per heavy atom. The zero-order valence-electron chi connectivity index (χ0n) is 9.21. The number of ether oxygens (including phenoxy) is 1. The Bertz CT molecular complexity index is 389. The van der Waals surface area contributed by atoms with E-state index in [1.54, 1.807) is 13.8 Å². The van der Waals surface area contributed by atoms with E-state index < -0.39 is 11.9 Å². The molecule has 0 saturated carbocycles. The van der Waals surface area contributed by atoms with Crippen molar-refractivity contribution in [2.75, 3.05) is 6.61 Å². The quantitative estimate of drug-likeness (QED) is 0.880. The van der Waals surface area contributed by atoms with Crippen molar-refractivity contribution < 1.29 is 14.2 Å². The molecule has 0 aliphatic rings. The van der Waals surface area contributed by atoms with Gasteiger partial charge in [0.25, 0.3) is 0 Å². The maximum absolute atomic E-state index is 13.0. The van der Waals surface area contributed by atoms with E-state index in [0.717, 1.165) is 5.57 Å². The predicted octanol–water partition coefficient (Wildman–Crippen LogP) is 3.40. The third kappa shape index (κ3) is 3.51. The molecule has 0 aliphatic heterocycles. The fourth-order valence-corrected chi connectivity index (χ4v) is 1.26. The van der Waals surface area contributed by atoms with Gasteiger partial charge < -0.3 is 9.84 Å². The summed E-state index contributed by atoms with van der Waals surface area (Å²) in [5.74, 6) is -0.0558.